The molecule has 1 N–H and O–H groups in total. The van der Waals surface area contributed by atoms with E-state index in [0.29, 0.717) is 18.7 Å². The van der Waals surface area contributed by atoms with Crippen molar-refractivity contribution < 1.29 is 22.4 Å². The van der Waals surface area contributed by atoms with Crippen LogP contribution < -0.4 is 5.32 Å². The van der Waals surface area contributed by atoms with E-state index < -0.39 is 10.0 Å². The Balaban J connectivity index is 1.28. The maximum Gasteiger partial charge on any atom is 0.289 e. The van der Waals surface area contributed by atoms with Gasteiger partial charge in [0, 0.05) is 38.3 Å². The smallest absolute Gasteiger partial charge is 0.289 e. The van der Waals surface area contributed by atoms with Gasteiger partial charge in [-0.05, 0) is 35.0 Å². The van der Waals surface area contributed by atoms with Crippen molar-refractivity contribution in [3.8, 4) is 0 Å². The van der Waals surface area contributed by atoms with E-state index in [4.69, 9.17) is 4.42 Å². The average molecular weight is 442 g/mol. The van der Waals surface area contributed by atoms with Crippen LogP contribution in [0.5, 0.6) is 0 Å². The lowest BCUT2D eigenvalue weighted by Gasteiger charge is -2.33. The largest absolute Gasteiger partial charge is 0.459 e. The number of benzene rings is 2. The summed E-state index contributed by atoms with van der Waals surface area (Å²) in [5.74, 6) is -0.509. The molecular weight excluding hydrogens is 418 g/mol. The second-order valence-electron chi connectivity index (χ2n) is 7.30. The number of hydrogen-bond donors (Lipinski definition) is 1. The maximum atomic E-state index is 12.6. The van der Waals surface area contributed by atoms with Crippen molar-refractivity contribution in [3.05, 3.63) is 72.2 Å². The van der Waals surface area contributed by atoms with Gasteiger partial charge in [0.2, 0.25) is 10.0 Å². The normalized spacial score (nSPS) is 15.2. The molecule has 0 saturated carbocycles. The second-order valence-corrected chi connectivity index (χ2v) is 9.39. The number of nitrogens with zero attached hydrogens (tertiary/aromatic N) is 2. The Labute approximate surface area is 180 Å². The summed E-state index contributed by atoms with van der Waals surface area (Å²) in [5.41, 5.74) is 0.487. The van der Waals surface area contributed by atoms with Gasteiger partial charge in [0.15, 0.2) is 5.76 Å². The summed E-state index contributed by atoms with van der Waals surface area (Å²) in [7, 11) is -3.54. The molecule has 0 atom stereocenters. The van der Waals surface area contributed by atoms with E-state index in [1.807, 2.05) is 30.3 Å². The highest BCUT2D eigenvalue weighted by Crippen LogP contribution is 2.16. The lowest BCUT2D eigenvalue weighted by Crippen LogP contribution is -2.51. The summed E-state index contributed by atoms with van der Waals surface area (Å²) >= 11 is 0. The zero-order chi connectivity index (χ0) is 21.8. The van der Waals surface area contributed by atoms with Crippen LogP contribution in [0.2, 0.25) is 0 Å². The fourth-order valence-electron chi connectivity index (χ4n) is 3.58. The molecular formula is C22H23N3O5S. The first-order chi connectivity index (χ1) is 14.9. The van der Waals surface area contributed by atoms with Gasteiger partial charge in [-0.15, -0.1) is 0 Å². The van der Waals surface area contributed by atoms with Crippen molar-refractivity contribution in [1.82, 2.24) is 14.5 Å². The van der Waals surface area contributed by atoms with Gasteiger partial charge in [-0.3, -0.25) is 9.59 Å². The van der Waals surface area contributed by atoms with Gasteiger partial charge in [0.25, 0.3) is 11.8 Å². The molecule has 0 bridgehead atoms. The van der Waals surface area contributed by atoms with E-state index in [1.165, 1.54) is 10.6 Å². The number of carbonyl (C=O) groups excluding carboxylic acids is 2. The van der Waals surface area contributed by atoms with Crippen LogP contribution in [0.25, 0.3) is 10.8 Å². The summed E-state index contributed by atoms with van der Waals surface area (Å²) in [4.78, 5) is 26.3. The number of furan rings is 1. The molecule has 0 aliphatic carbocycles. The van der Waals surface area contributed by atoms with Crippen molar-refractivity contribution in [2.45, 2.75) is 0 Å². The second kappa shape index (κ2) is 8.91. The summed E-state index contributed by atoms with van der Waals surface area (Å²) in [6.45, 7) is 1.03. The quantitative estimate of drug-likeness (QED) is 0.630. The van der Waals surface area contributed by atoms with Gasteiger partial charge in [0.1, 0.15) is 0 Å². The molecule has 0 radical (unpaired) electrons. The van der Waals surface area contributed by atoms with Crippen LogP contribution in [0.4, 0.5) is 0 Å². The predicted octanol–water partition coefficient (Wildman–Crippen LogP) is 1.95. The molecule has 1 aliphatic rings. The summed E-state index contributed by atoms with van der Waals surface area (Å²) in [6, 6.07) is 16.3. The van der Waals surface area contributed by atoms with Crippen molar-refractivity contribution in [1.29, 1.82) is 0 Å². The van der Waals surface area contributed by atoms with Gasteiger partial charge in [0.05, 0.1) is 12.0 Å². The van der Waals surface area contributed by atoms with Crippen LogP contribution in [0.1, 0.15) is 20.9 Å². The van der Waals surface area contributed by atoms with E-state index in [1.54, 1.807) is 29.2 Å². The van der Waals surface area contributed by atoms with Crippen LogP contribution in [0.15, 0.2) is 65.3 Å². The number of hydrogen-bond acceptors (Lipinski definition) is 5. The Morgan fingerprint density at radius 1 is 0.935 bits per heavy atom. The molecule has 2 aromatic carbocycles. The first-order valence-corrected chi connectivity index (χ1v) is 11.6. The third-order valence-corrected chi connectivity index (χ3v) is 7.18. The molecule has 9 heteroatoms. The van der Waals surface area contributed by atoms with Crippen LogP contribution >= 0.6 is 0 Å². The minimum atomic E-state index is -3.54. The zero-order valence-corrected chi connectivity index (χ0v) is 17.7. The van der Waals surface area contributed by atoms with Crippen LogP contribution in [0, 0.1) is 0 Å². The summed E-state index contributed by atoms with van der Waals surface area (Å²) in [5, 5.41) is 4.67. The van der Waals surface area contributed by atoms with E-state index in [2.05, 4.69) is 5.32 Å². The number of sulfonamides is 1. The van der Waals surface area contributed by atoms with E-state index in [-0.39, 0.29) is 43.0 Å². The van der Waals surface area contributed by atoms with Crippen molar-refractivity contribution in [2.75, 3.05) is 38.5 Å². The van der Waals surface area contributed by atoms with E-state index >= 15 is 0 Å². The number of amides is 2. The number of fused-ring (bicyclic) bond motifs is 1. The minimum absolute atomic E-state index is 0.0134. The van der Waals surface area contributed by atoms with Crippen LogP contribution in [0.3, 0.4) is 0 Å². The molecule has 2 amide bonds. The topological polar surface area (TPSA) is 99.9 Å². The van der Waals surface area contributed by atoms with Gasteiger partial charge in [-0.1, -0.05) is 30.3 Å². The highest BCUT2D eigenvalue weighted by molar-refractivity contribution is 7.89. The summed E-state index contributed by atoms with van der Waals surface area (Å²) in [6.07, 6.45) is 1.43. The molecule has 2 heterocycles. The van der Waals surface area contributed by atoms with Gasteiger partial charge >= 0.3 is 0 Å². The highest BCUT2D eigenvalue weighted by Gasteiger charge is 2.29. The molecule has 8 nitrogen and oxygen atoms in total. The number of rotatable bonds is 6. The average Bonchev–Trinajstić information content (AvgIpc) is 3.33. The monoisotopic (exact) mass is 441 g/mol. The Hall–Kier alpha value is -3.17. The predicted molar refractivity (Wildman–Crippen MR) is 116 cm³/mol. The van der Waals surface area contributed by atoms with Crippen LogP contribution in [-0.4, -0.2) is 67.9 Å². The van der Waals surface area contributed by atoms with Crippen molar-refractivity contribution >= 4 is 32.6 Å². The third kappa shape index (κ3) is 4.78. The summed E-state index contributed by atoms with van der Waals surface area (Å²) < 4.78 is 31.7. The first kappa shape index (κ1) is 21.1. The van der Waals surface area contributed by atoms with Gasteiger partial charge < -0.3 is 14.6 Å². The molecule has 3 aromatic rings. The number of nitrogens with one attached hydrogen (secondary N) is 1. The fraction of sp³-hybridized carbons (Fsp3) is 0.273. The molecule has 31 heavy (non-hydrogen) atoms. The highest BCUT2D eigenvalue weighted by atomic mass is 32.2. The van der Waals surface area contributed by atoms with Crippen molar-refractivity contribution in [2.24, 2.45) is 0 Å². The van der Waals surface area contributed by atoms with E-state index in [9.17, 15) is 18.0 Å². The Kier molecular flexibility index (Phi) is 6.06. The number of carbonyl (C=O) groups is 2. The lowest BCUT2D eigenvalue weighted by molar-refractivity contribution is 0.0665. The molecule has 1 saturated heterocycles. The third-order valence-electron chi connectivity index (χ3n) is 5.31. The molecule has 0 spiro atoms. The number of piperazine rings is 1. The van der Waals surface area contributed by atoms with Gasteiger partial charge in [-0.25, -0.2) is 8.42 Å². The zero-order valence-electron chi connectivity index (χ0n) is 16.9. The van der Waals surface area contributed by atoms with Crippen molar-refractivity contribution in [3.63, 3.8) is 0 Å². The molecule has 162 valence electrons. The molecule has 1 aliphatic heterocycles. The molecule has 1 aromatic heterocycles. The lowest BCUT2D eigenvalue weighted by atomic mass is 10.1. The minimum Gasteiger partial charge on any atom is -0.459 e. The Bertz CT molecular complexity index is 1180. The molecule has 0 unspecified atom stereocenters. The van der Waals surface area contributed by atoms with E-state index in [0.717, 1.165) is 10.8 Å². The SMILES string of the molecule is O=C(NCCS(=O)(=O)N1CCN(C(=O)c2ccco2)CC1)c1ccc2ccccc2c1. The Morgan fingerprint density at radius 3 is 2.39 bits per heavy atom. The van der Waals surface area contributed by atoms with Crippen LogP contribution in [-0.2, 0) is 10.0 Å². The first-order valence-electron chi connectivity index (χ1n) is 10.0. The standard InChI is InChI=1S/C22H23N3O5S/c26-21(19-8-7-17-4-1-2-5-18(17)16-19)23-9-15-31(28,29)25-12-10-24(11-13-25)22(27)20-6-3-14-30-20/h1-8,14,16H,9-13,15H2,(H,23,26). The fourth-order valence-corrected chi connectivity index (χ4v) is 4.92. The molecule has 1 fully saturated rings. The maximum absolute atomic E-state index is 12.6. The molecule has 4 rings (SSSR count). The van der Waals surface area contributed by atoms with Gasteiger partial charge in [-0.2, -0.15) is 4.31 Å². The Morgan fingerprint density at radius 2 is 1.68 bits per heavy atom.